The van der Waals surface area contributed by atoms with E-state index in [2.05, 4.69) is 29.2 Å². The summed E-state index contributed by atoms with van der Waals surface area (Å²) in [6, 6.07) is 28.8. The third-order valence-electron chi connectivity index (χ3n) is 5.96. The molecule has 0 N–H and O–H groups in total. The van der Waals surface area contributed by atoms with Crippen molar-refractivity contribution in [2.45, 2.75) is 12.5 Å². The van der Waals surface area contributed by atoms with Crippen molar-refractivity contribution in [2.24, 2.45) is 5.10 Å². The van der Waals surface area contributed by atoms with Crippen LogP contribution in [0.25, 0.3) is 11.3 Å². The first kappa shape index (κ1) is 21.5. The molecule has 7 nitrogen and oxygen atoms in total. The van der Waals surface area contributed by atoms with Crippen LogP contribution in [-0.4, -0.2) is 24.7 Å². The second-order valence-corrected chi connectivity index (χ2v) is 8.40. The minimum Gasteiger partial charge on any atom is -0.455 e. The number of hydrazone groups is 1. The quantitative estimate of drug-likeness (QED) is 0.254. The lowest BCUT2D eigenvalue weighted by atomic mass is 10.00. The van der Waals surface area contributed by atoms with E-state index in [1.807, 2.05) is 61.6 Å². The maximum Gasteiger partial charge on any atom is 0.270 e. The molecule has 170 valence electrons. The van der Waals surface area contributed by atoms with Gasteiger partial charge in [0.2, 0.25) is 0 Å². The summed E-state index contributed by atoms with van der Waals surface area (Å²) < 4.78 is 6.12. The van der Waals surface area contributed by atoms with Gasteiger partial charge in [-0.05, 0) is 42.0 Å². The number of benzene rings is 3. The number of hydrogen-bond acceptors (Lipinski definition) is 6. The minimum absolute atomic E-state index is 0.0278. The summed E-state index contributed by atoms with van der Waals surface area (Å²) in [5, 5.41) is 18.1. The average molecular weight is 453 g/mol. The first-order chi connectivity index (χ1) is 16.5. The second kappa shape index (κ2) is 8.86. The Morgan fingerprint density at radius 2 is 1.68 bits per heavy atom. The molecule has 4 aromatic rings. The molecular formula is C27H24N4O3. The van der Waals surface area contributed by atoms with E-state index in [1.54, 1.807) is 12.1 Å². The molecule has 34 heavy (non-hydrogen) atoms. The van der Waals surface area contributed by atoms with Gasteiger partial charge < -0.3 is 9.32 Å². The van der Waals surface area contributed by atoms with Crippen LogP contribution in [0.2, 0.25) is 0 Å². The number of anilines is 2. The SMILES string of the molecule is CN(C)c1ccc([C@H]2CC(c3ccc(-c4cccc([N+](=O)[O-])c4)o3)=NN2c2ccccc2)cc1. The zero-order valence-electron chi connectivity index (χ0n) is 19.0. The van der Waals surface area contributed by atoms with Gasteiger partial charge in [-0.3, -0.25) is 15.1 Å². The van der Waals surface area contributed by atoms with Crippen molar-refractivity contribution in [3.05, 3.63) is 112 Å². The van der Waals surface area contributed by atoms with Crippen molar-refractivity contribution in [3.63, 3.8) is 0 Å². The topological polar surface area (TPSA) is 75.1 Å². The number of nitrogens with zero attached hydrogens (tertiary/aromatic N) is 4. The molecule has 0 spiro atoms. The molecule has 1 aliphatic heterocycles. The molecule has 0 unspecified atom stereocenters. The smallest absolute Gasteiger partial charge is 0.270 e. The zero-order valence-corrected chi connectivity index (χ0v) is 19.0. The summed E-state index contributed by atoms with van der Waals surface area (Å²) in [5.74, 6) is 1.24. The van der Waals surface area contributed by atoms with Crippen molar-refractivity contribution in [2.75, 3.05) is 24.0 Å². The van der Waals surface area contributed by atoms with Crippen molar-refractivity contribution in [1.29, 1.82) is 0 Å². The van der Waals surface area contributed by atoms with Crippen molar-refractivity contribution in [1.82, 2.24) is 0 Å². The van der Waals surface area contributed by atoms with Gasteiger partial charge in [-0.2, -0.15) is 5.10 Å². The van der Waals surface area contributed by atoms with E-state index in [0.717, 1.165) is 17.1 Å². The molecule has 1 aliphatic rings. The third kappa shape index (κ3) is 4.15. The lowest BCUT2D eigenvalue weighted by Gasteiger charge is -2.24. The van der Waals surface area contributed by atoms with Crippen LogP contribution in [0.15, 0.2) is 101 Å². The molecule has 0 aliphatic carbocycles. The highest BCUT2D eigenvalue weighted by Gasteiger charge is 2.31. The molecule has 1 atom stereocenters. The van der Waals surface area contributed by atoms with Crippen LogP contribution in [-0.2, 0) is 0 Å². The molecule has 0 radical (unpaired) electrons. The number of non-ortho nitro benzene ring substituents is 1. The molecule has 0 bridgehead atoms. The average Bonchev–Trinajstić information content (AvgIpc) is 3.53. The lowest BCUT2D eigenvalue weighted by Crippen LogP contribution is -2.18. The standard InChI is InChI=1S/C27H24N4O3/c1-29(2)21-13-11-19(12-14-21)25-18-24(28-30(25)22-8-4-3-5-9-22)27-16-15-26(34-27)20-7-6-10-23(17-20)31(32)33/h3-17,25H,18H2,1-2H3/t25-/m1/s1. The highest BCUT2D eigenvalue weighted by Crippen LogP contribution is 2.38. The Labute approximate surface area is 197 Å². The fourth-order valence-electron chi connectivity index (χ4n) is 4.15. The number of rotatable bonds is 6. The predicted octanol–water partition coefficient (Wildman–Crippen LogP) is 6.28. The van der Waals surface area contributed by atoms with E-state index in [4.69, 9.17) is 9.52 Å². The van der Waals surface area contributed by atoms with Crippen LogP contribution in [0.3, 0.4) is 0 Å². The molecule has 1 aromatic heterocycles. The Morgan fingerprint density at radius 3 is 2.38 bits per heavy atom. The van der Waals surface area contributed by atoms with E-state index in [-0.39, 0.29) is 11.7 Å². The minimum atomic E-state index is -0.404. The van der Waals surface area contributed by atoms with Crippen LogP contribution >= 0.6 is 0 Å². The predicted molar refractivity (Wildman–Crippen MR) is 134 cm³/mol. The van der Waals surface area contributed by atoms with Gasteiger partial charge in [-0.15, -0.1) is 0 Å². The molecule has 2 heterocycles. The zero-order chi connectivity index (χ0) is 23.7. The Bertz CT molecular complexity index is 1340. The maximum absolute atomic E-state index is 11.1. The van der Waals surface area contributed by atoms with Gasteiger partial charge in [0, 0.05) is 43.9 Å². The van der Waals surface area contributed by atoms with Gasteiger partial charge in [-0.25, -0.2) is 0 Å². The van der Waals surface area contributed by atoms with Crippen molar-refractivity contribution < 1.29 is 9.34 Å². The molecule has 5 rings (SSSR count). The van der Waals surface area contributed by atoms with Gasteiger partial charge in [0.15, 0.2) is 5.76 Å². The number of nitro groups is 1. The molecule has 0 amide bonds. The second-order valence-electron chi connectivity index (χ2n) is 8.40. The maximum atomic E-state index is 11.1. The van der Waals surface area contributed by atoms with Crippen molar-refractivity contribution >= 4 is 22.8 Å². The highest BCUT2D eigenvalue weighted by atomic mass is 16.6. The van der Waals surface area contributed by atoms with Gasteiger partial charge in [-0.1, -0.05) is 42.5 Å². The molecule has 3 aromatic carbocycles. The van der Waals surface area contributed by atoms with E-state index in [0.29, 0.717) is 23.5 Å². The number of furan rings is 1. The van der Waals surface area contributed by atoms with Gasteiger partial charge in [0.1, 0.15) is 11.5 Å². The van der Waals surface area contributed by atoms with E-state index in [9.17, 15) is 10.1 Å². The fourth-order valence-corrected chi connectivity index (χ4v) is 4.15. The Balaban J connectivity index is 1.48. The number of para-hydroxylation sites is 1. The Morgan fingerprint density at radius 1 is 0.941 bits per heavy atom. The van der Waals surface area contributed by atoms with Crippen LogP contribution in [0, 0.1) is 10.1 Å². The largest absolute Gasteiger partial charge is 0.455 e. The Kier molecular flexibility index (Phi) is 5.59. The summed E-state index contributed by atoms with van der Waals surface area (Å²) in [5.41, 5.74) is 4.84. The van der Waals surface area contributed by atoms with Crippen LogP contribution in [0.4, 0.5) is 17.1 Å². The van der Waals surface area contributed by atoms with Crippen LogP contribution < -0.4 is 9.91 Å². The summed E-state index contributed by atoms with van der Waals surface area (Å²) in [6.07, 6.45) is 0.679. The first-order valence-electron chi connectivity index (χ1n) is 11.0. The summed E-state index contributed by atoms with van der Waals surface area (Å²) in [7, 11) is 4.05. The fraction of sp³-hybridized carbons (Fsp3) is 0.148. The van der Waals surface area contributed by atoms with Crippen molar-refractivity contribution in [3.8, 4) is 11.3 Å². The normalized spacial score (nSPS) is 15.3. The number of nitro benzene ring substituents is 1. The summed E-state index contributed by atoms with van der Waals surface area (Å²) >= 11 is 0. The monoisotopic (exact) mass is 452 g/mol. The van der Waals surface area contributed by atoms with Gasteiger partial charge >= 0.3 is 0 Å². The highest BCUT2D eigenvalue weighted by molar-refractivity contribution is 6.01. The molecule has 7 heteroatoms. The van der Waals surface area contributed by atoms with E-state index >= 15 is 0 Å². The molecular weight excluding hydrogens is 428 g/mol. The van der Waals surface area contributed by atoms with Gasteiger partial charge in [0.05, 0.1) is 16.7 Å². The van der Waals surface area contributed by atoms with E-state index in [1.165, 1.54) is 17.7 Å². The molecule has 0 fully saturated rings. The van der Waals surface area contributed by atoms with Gasteiger partial charge in [0.25, 0.3) is 5.69 Å². The Hall–Kier alpha value is -4.39. The summed E-state index contributed by atoms with van der Waals surface area (Å²) in [4.78, 5) is 12.8. The lowest BCUT2D eigenvalue weighted by molar-refractivity contribution is -0.384. The van der Waals surface area contributed by atoms with Crippen LogP contribution in [0.5, 0.6) is 0 Å². The van der Waals surface area contributed by atoms with E-state index < -0.39 is 4.92 Å². The first-order valence-corrected chi connectivity index (χ1v) is 11.0. The molecule has 0 saturated carbocycles. The van der Waals surface area contributed by atoms with Crippen LogP contribution in [0.1, 0.15) is 23.8 Å². The third-order valence-corrected chi connectivity index (χ3v) is 5.96. The summed E-state index contributed by atoms with van der Waals surface area (Å²) in [6.45, 7) is 0. The number of hydrogen-bond donors (Lipinski definition) is 0. The molecule has 0 saturated heterocycles.